The van der Waals surface area contributed by atoms with Crippen molar-refractivity contribution < 1.29 is 4.79 Å². The Morgan fingerprint density at radius 3 is 2.64 bits per heavy atom. The van der Waals surface area contributed by atoms with Crippen LogP contribution in [0, 0.1) is 13.8 Å². The number of benzene rings is 1. The first-order valence-electron chi connectivity index (χ1n) is 7.26. The van der Waals surface area contributed by atoms with Crippen LogP contribution in [0.25, 0.3) is 5.69 Å². The quantitative estimate of drug-likeness (QED) is 0.480. The van der Waals surface area contributed by atoms with Crippen LogP contribution in [0.2, 0.25) is 10.0 Å². The zero-order valence-electron chi connectivity index (χ0n) is 13.4. The van der Waals surface area contributed by atoms with Gasteiger partial charge in [-0.25, -0.2) is 0 Å². The third-order valence-corrected chi connectivity index (χ3v) is 6.27. The predicted octanol–water partition coefficient (Wildman–Crippen LogP) is 4.81. The fraction of sp³-hybridized carbons (Fsp3) is 0.188. The SMILES string of the molecule is Cc1cc(C(=O)CSc2nnc(N)s2)c(C)n1-c1ccc(Cl)c(Cl)c1. The molecule has 5 nitrogen and oxygen atoms in total. The number of halogens is 2. The van der Waals surface area contributed by atoms with Crippen molar-refractivity contribution >= 4 is 57.2 Å². The van der Waals surface area contributed by atoms with E-state index in [1.54, 1.807) is 12.1 Å². The highest BCUT2D eigenvalue weighted by molar-refractivity contribution is 8.01. The summed E-state index contributed by atoms with van der Waals surface area (Å²) in [6.45, 7) is 3.86. The lowest BCUT2D eigenvalue weighted by molar-refractivity contribution is 0.102. The van der Waals surface area contributed by atoms with Crippen molar-refractivity contribution in [3.63, 3.8) is 0 Å². The first-order chi connectivity index (χ1) is 11.9. The summed E-state index contributed by atoms with van der Waals surface area (Å²) in [5.41, 5.74) is 8.90. The van der Waals surface area contributed by atoms with E-state index in [-0.39, 0.29) is 11.5 Å². The van der Waals surface area contributed by atoms with Gasteiger partial charge in [0.25, 0.3) is 0 Å². The summed E-state index contributed by atoms with van der Waals surface area (Å²) >= 11 is 14.7. The van der Waals surface area contributed by atoms with Gasteiger partial charge in [-0.2, -0.15) is 0 Å². The number of aryl methyl sites for hydroxylation is 1. The Labute approximate surface area is 163 Å². The van der Waals surface area contributed by atoms with Gasteiger partial charge in [0.15, 0.2) is 10.1 Å². The molecule has 1 aromatic carbocycles. The largest absolute Gasteiger partial charge is 0.374 e. The molecule has 2 aromatic heterocycles. The van der Waals surface area contributed by atoms with Crippen LogP contribution in [0.4, 0.5) is 5.13 Å². The molecule has 3 aromatic rings. The van der Waals surface area contributed by atoms with Gasteiger partial charge in [-0.3, -0.25) is 4.79 Å². The van der Waals surface area contributed by atoms with Gasteiger partial charge in [0.1, 0.15) is 0 Å². The van der Waals surface area contributed by atoms with Crippen molar-refractivity contribution in [3.8, 4) is 5.69 Å². The molecule has 3 rings (SSSR count). The number of Topliss-reactive ketones (excluding diaryl/α,β-unsaturated/α-hetero) is 1. The normalized spacial score (nSPS) is 11.0. The van der Waals surface area contributed by atoms with Gasteiger partial charge < -0.3 is 10.3 Å². The van der Waals surface area contributed by atoms with Crippen LogP contribution < -0.4 is 5.73 Å². The molecule has 0 atom stereocenters. The van der Waals surface area contributed by atoms with Crippen molar-refractivity contribution in [2.75, 3.05) is 11.5 Å². The Bertz CT molecular complexity index is 952. The summed E-state index contributed by atoms with van der Waals surface area (Å²) in [5.74, 6) is 0.304. The van der Waals surface area contributed by atoms with Crippen LogP contribution >= 0.6 is 46.3 Å². The van der Waals surface area contributed by atoms with Crippen molar-refractivity contribution in [2.24, 2.45) is 0 Å². The van der Waals surface area contributed by atoms with Gasteiger partial charge in [0, 0.05) is 22.6 Å². The van der Waals surface area contributed by atoms with Crippen LogP contribution in [0.15, 0.2) is 28.6 Å². The van der Waals surface area contributed by atoms with Crippen molar-refractivity contribution in [1.82, 2.24) is 14.8 Å². The number of nitrogens with zero attached hydrogens (tertiary/aromatic N) is 3. The Morgan fingerprint density at radius 1 is 1.24 bits per heavy atom. The minimum atomic E-state index is 0.0261. The van der Waals surface area contributed by atoms with E-state index in [1.165, 1.54) is 23.1 Å². The summed E-state index contributed by atoms with van der Waals surface area (Å²) in [6.07, 6.45) is 0. The summed E-state index contributed by atoms with van der Waals surface area (Å²) in [5, 5.41) is 9.03. The number of aromatic nitrogens is 3. The lowest BCUT2D eigenvalue weighted by Gasteiger charge is -2.11. The summed E-state index contributed by atoms with van der Waals surface area (Å²) in [4.78, 5) is 12.6. The minimum absolute atomic E-state index is 0.0261. The number of carbonyl (C=O) groups is 1. The fourth-order valence-electron chi connectivity index (χ4n) is 2.55. The third-order valence-electron chi connectivity index (χ3n) is 3.64. The molecule has 2 N–H and O–H groups in total. The van der Waals surface area contributed by atoms with Crippen LogP contribution in [0.1, 0.15) is 21.7 Å². The van der Waals surface area contributed by atoms with Crippen LogP contribution in [-0.2, 0) is 0 Å². The highest BCUT2D eigenvalue weighted by atomic mass is 35.5. The molecule has 0 aliphatic heterocycles. The maximum absolute atomic E-state index is 12.6. The topological polar surface area (TPSA) is 73.8 Å². The first kappa shape index (κ1) is 18.3. The molecule has 0 saturated heterocycles. The van der Waals surface area contributed by atoms with Crippen LogP contribution in [-0.4, -0.2) is 26.3 Å². The molecule has 25 heavy (non-hydrogen) atoms. The summed E-state index contributed by atoms with van der Waals surface area (Å²) in [6, 6.07) is 7.29. The number of rotatable bonds is 5. The third kappa shape index (κ3) is 3.84. The van der Waals surface area contributed by atoms with Gasteiger partial charge in [-0.15, -0.1) is 10.2 Å². The molecule has 130 valence electrons. The second-order valence-corrected chi connectivity index (χ2v) is 8.38. The van der Waals surface area contributed by atoms with Crippen molar-refractivity contribution in [3.05, 3.63) is 51.3 Å². The highest BCUT2D eigenvalue weighted by Crippen LogP contribution is 2.29. The standard InChI is InChI=1S/C16H14Cl2N4OS2/c1-8-5-11(14(23)7-24-16-21-20-15(19)25-16)9(2)22(8)10-3-4-12(17)13(18)6-10/h3-6H,7H2,1-2H3,(H2,19,20). The molecule has 0 bridgehead atoms. The lowest BCUT2D eigenvalue weighted by atomic mass is 10.2. The zero-order chi connectivity index (χ0) is 18.1. The molecule has 0 spiro atoms. The second-order valence-electron chi connectivity index (χ2n) is 5.34. The molecular weight excluding hydrogens is 399 g/mol. The zero-order valence-corrected chi connectivity index (χ0v) is 16.6. The number of hydrogen-bond acceptors (Lipinski definition) is 6. The average molecular weight is 413 g/mol. The molecule has 9 heteroatoms. The van der Waals surface area contributed by atoms with E-state index >= 15 is 0 Å². The molecule has 0 aliphatic rings. The van der Waals surface area contributed by atoms with Gasteiger partial charge in [-0.1, -0.05) is 46.3 Å². The number of carbonyl (C=O) groups excluding carboxylic acids is 1. The maximum atomic E-state index is 12.6. The monoisotopic (exact) mass is 412 g/mol. The number of hydrogen-bond donors (Lipinski definition) is 1. The van der Waals surface area contributed by atoms with Gasteiger partial charge in [0.2, 0.25) is 5.13 Å². The Hall–Kier alpha value is -1.54. The van der Waals surface area contributed by atoms with E-state index in [2.05, 4.69) is 10.2 Å². The highest BCUT2D eigenvalue weighted by Gasteiger charge is 2.18. The lowest BCUT2D eigenvalue weighted by Crippen LogP contribution is -2.05. The van der Waals surface area contributed by atoms with Gasteiger partial charge in [0.05, 0.1) is 15.8 Å². The number of nitrogen functional groups attached to an aromatic ring is 1. The van der Waals surface area contributed by atoms with Crippen molar-refractivity contribution in [1.29, 1.82) is 0 Å². The predicted molar refractivity (Wildman–Crippen MR) is 105 cm³/mol. The van der Waals surface area contributed by atoms with E-state index in [9.17, 15) is 4.79 Å². The maximum Gasteiger partial charge on any atom is 0.203 e. The molecule has 0 amide bonds. The summed E-state index contributed by atoms with van der Waals surface area (Å²) < 4.78 is 2.67. The molecule has 0 fully saturated rings. The minimum Gasteiger partial charge on any atom is -0.374 e. The van der Waals surface area contributed by atoms with E-state index in [0.717, 1.165) is 17.1 Å². The van der Waals surface area contributed by atoms with Gasteiger partial charge in [-0.05, 0) is 38.1 Å². The number of anilines is 1. The Morgan fingerprint density at radius 2 is 2.00 bits per heavy atom. The first-order valence-corrected chi connectivity index (χ1v) is 9.82. The summed E-state index contributed by atoms with van der Waals surface area (Å²) in [7, 11) is 0. The van der Waals surface area contributed by atoms with E-state index in [1.807, 2.05) is 30.5 Å². The Balaban J connectivity index is 1.85. The van der Waals surface area contributed by atoms with Crippen LogP contribution in [0.3, 0.4) is 0 Å². The van der Waals surface area contributed by atoms with E-state index < -0.39 is 0 Å². The number of nitrogens with two attached hydrogens (primary N) is 1. The number of thioether (sulfide) groups is 1. The van der Waals surface area contributed by atoms with E-state index in [0.29, 0.717) is 25.1 Å². The number of ketones is 1. The molecule has 0 aliphatic carbocycles. The van der Waals surface area contributed by atoms with Gasteiger partial charge >= 0.3 is 0 Å². The smallest absolute Gasteiger partial charge is 0.203 e. The fourth-order valence-corrected chi connectivity index (χ4v) is 4.36. The molecule has 0 radical (unpaired) electrons. The van der Waals surface area contributed by atoms with Crippen molar-refractivity contribution in [2.45, 2.75) is 18.2 Å². The second kappa shape index (κ2) is 7.37. The molecule has 0 saturated carbocycles. The Kier molecular flexibility index (Phi) is 5.38. The van der Waals surface area contributed by atoms with E-state index in [4.69, 9.17) is 28.9 Å². The molecule has 2 heterocycles. The molecule has 0 unspecified atom stereocenters. The molecular formula is C16H14Cl2N4OS2. The average Bonchev–Trinajstić information content (AvgIpc) is 3.11. The van der Waals surface area contributed by atoms with Crippen LogP contribution in [0.5, 0.6) is 0 Å².